The average molecular weight is 176 g/mol. The summed E-state index contributed by atoms with van der Waals surface area (Å²) in [4.78, 5) is 2.34. The predicted molar refractivity (Wildman–Crippen MR) is 54.4 cm³/mol. The number of hydrogen-bond acceptors (Lipinski definition) is 2. The zero-order chi connectivity index (χ0) is 9.26. The Morgan fingerprint density at radius 2 is 2.08 bits per heavy atom. The zero-order valence-corrected chi connectivity index (χ0v) is 8.30. The van der Waals surface area contributed by atoms with Crippen molar-refractivity contribution >= 4 is 0 Å². The van der Waals surface area contributed by atoms with E-state index in [4.69, 9.17) is 0 Å². The summed E-state index contributed by atoms with van der Waals surface area (Å²) in [6.07, 6.45) is 0. The van der Waals surface area contributed by atoms with Crippen LogP contribution in [0.25, 0.3) is 0 Å². The van der Waals surface area contributed by atoms with Gasteiger partial charge in [0.15, 0.2) is 0 Å². The third-order valence-corrected chi connectivity index (χ3v) is 2.53. The second kappa shape index (κ2) is 3.48. The Kier molecular flexibility index (Phi) is 2.34. The maximum Gasteiger partial charge on any atom is 0.0237 e. The highest BCUT2D eigenvalue weighted by atomic mass is 15.1. The summed E-state index contributed by atoms with van der Waals surface area (Å²) in [6, 6.07) is 6.79. The highest BCUT2D eigenvalue weighted by Gasteiger charge is 2.14. The van der Waals surface area contributed by atoms with E-state index in [0.717, 1.165) is 19.6 Å². The molecule has 0 unspecified atom stereocenters. The molecule has 0 spiro atoms. The van der Waals surface area contributed by atoms with E-state index in [9.17, 15) is 0 Å². The van der Waals surface area contributed by atoms with Gasteiger partial charge in [-0.15, -0.1) is 0 Å². The molecular weight excluding hydrogens is 160 g/mol. The second-order valence-corrected chi connectivity index (χ2v) is 3.81. The molecule has 0 aliphatic carbocycles. The third kappa shape index (κ3) is 1.74. The zero-order valence-electron chi connectivity index (χ0n) is 8.30. The van der Waals surface area contributed by atoms with Crippen LogP contribution in [0, 0.1) is 0 Å². The molecule has 1 N–H and O–H groups in total. The van der Waals surface area contributed by atoms with Crippen molar-refractivity contribution in [1.29, 1.82) is 0 Å². The molecule has 2 heteroatoms. The Balaban J connectivity index is 2.24. The van der Waals surface area contributed by atoms with Gasteiger partial charge in [0.1, 0.15) is 0 Å². The van der Waals surface area contributed by atoms with Gasteiger partial charge < -0.3 is 5.32 Å². The van der Waals surface area contributed by atoms with Gasteiger partial charge in [-0.05, 0) is 30.8 Å². The van der Waals surface area contributed by atoms with Crippen LogP contribution in [0.4, 0.5) is 0 Å². The number of nitrogens with one attached hydrogen (secondary N) is 1. The number of fused-ring (bicyclic) bond motifs is 1. The molecule has 1 heterocycles. The molecule has 1 aromatic rings. The minimum atomic E-state index is 0.969. The van der Waals surface area contributed by atoms with Crippen LogP contribution in [0.3, 0.4) is 0 Å². The van der Waals surface area contributed by atoms with Gasteiger partial charge >= 0.3 is 0 Å². The number of nitrogens with zero attached hydrogens (tertiary/aromatic N) is 1. The minimum Gasteiger partial charge on any atom is -0.316 e. The largest absolute Gasteiger partial charge is 0.316 e. The normalized spacial score (nSPS) is 16.2. The summed E-state index contributed by atoms with van der Waals surface area (Å²) < 4.78 is 0. The molecule has 0 saturated carbocycles. The summed E-state index contributed by atoms with van der Waals surface area (Å²) in [5.74, 6) is 0. The molecule has 0 amide bonds. The minimum absolute atomic E-state index is 0.969. The molecular formula is C11H16N2. The summed E-state index contributed by atoms with van der Waals surface area (Å²) in [5, 5.41) is 3.17. The van der Waals surface area contributed by atoms with Gasteiger partial charge in [-0.2, -0.15) is 0 Å². The van der Waals surface area contributed by atoms with E-state index >= 15 is 0 Å². The van der Waals surface area contributed by atoms with Crippen LogP contribution in [-0.2, 0) is 19.6 Å². The Labute approximate surface area is 79.6 Å². The first-order chi connectivity index (χ1) is 6.29. The van der Waals surface area contributed by atoms with Crippen LogP contribution in [0.5, 0.6) is 0 Å². The van der Waals surface area contributed by atoms with E-state index in [0.29, 0.717) is 0 Å². The Morgan fingerprint density at radius 3 is 2.85 bits per heavy atom. The smallest absolute Gasteiger partial charge is 0.0237 e. The Hall–Kier alpha value is -0.860. The van der Waals surface area contributed by atoms with Crippen molar-refractivity contribution in [3.63, 3.8) is 0 Å². The van der Waals surface area contributed by atoms with E-state index in [-0.39, 0.29) is 0 Å². The monoisotopic (exact) mass is 176 g/mol. The SMILES string of the molecule is CNCc1ccc2c(c1)CN(C)C2. The van der Waals surface area contributed by atoms with Gasteiger partial charge in [0.05, 0.1) is 0 Å². The number of benzene rings is 1. The highest BCUT2D eigenvalue weighted by Crippen LogP contribution is 2.22. The van der Waals surface area contributed by atoms with Crippen LogP contribution in [0.2, 0.25) is 0 Å². The molecule has 0 radical (unpaired) electrons. The predicted octanol–water partition coefficient (Wildman–Crippen LogP) is 1.35. The number of rotatable bonds is 2. The lowest BCUT2D eigenvalue weighted by Gasteiger charge is -2.03. The Bertz CT molecular complexity index is 307. The van der Waals surface area contributed by atoms with Gasteiger partial charge in [0.25, 0.3) is 0 Å². The topological polar surface area (TPSA) is 15.3 Å². The molecule has 0 atom stereocenters. The summed E-state index contributed by atoms with van der Waals surface area (Å²) in [7, 11) is 4.15. The van der Waals surface area contributed by atoms with Crippen LogP contribution in [0.1, 0.15) is 16.7 Å². The fraction of sp³-hybridized carbons (Fsp3) is 0.455. The Morgan fingerprint density at radius 1 is 1.31 bits per heavy atom. The lowest BCUT2D eigenvalue weighted by molar-refractivity contribution is 0.353. The van der Waals surface area contributed by atoms with Crippen molar-refractivity contribution in [1.82, 2.24) is 10.2 Å². The standard InChI is InChI=1S/C11H16N2/c1-12-6-9-3-4-10-7-13(2)8-11(10)5-9/h3-5,12H,6-8H2,1-2H3. The first-order valence-corrected chi connectivity index (χ1v) is 4.73. The molecule has 0 bridgehead atoms. The maximum absolute atomic E-state index is 3.17. The average Bonchev–Trinajstić information content (AvgIpc) is 2.44. The van der Waals surface area contributed by atoms with E-state index in [2.05, 4.69) is 35.5 Å². The molecule has 13 heavy (non-hydrogen) atoms. The molecule has 1 aromatic carbocycles. The first-order valence-electron chi connectivity index (χ1n) is 4.73. The van der Waals surface area contributed by atoms with E-state index in [1.54, 1.807) is 0 Å². The van der Waals surface area contributed by atoms with Gasteiger partial charge in [0, 0.05) is 19.6 Å². The van der Waals surface area contributed by atoms with E-state index in [1.165, 1.54) is 16.7 Å². The van der Waals surface area contributed by atoms with Crippen LogP contribution < -0.4 is 5.32 Å². The van der Waals surface area contributed by atoms with Crippen molar-refractivity contribution < 1.29 is 0 Å². The van der Waals surface area contributed by atoms with Gasteiger partial charge in [-0.1, -0.05) is 18.2 Å². The molecule has 2 nitrogen and oxygen atoms in total. The molecule has 2 rings (SSSR count). The molecule has 0 fully saturated rings. The third-order valence-electron chi connectivity index (χ3n) is 2.53. The van der Waals surface area contributed by atoms with Gasteiger partial charge in [-0.25, -0.2) is 0 Å². The van der Waals surface area contributed by atoms with Crippen molar-refractivity contribution in [3.8, 4) is 0 Å². The number of hydrogen-bond donors (Lipinski definition) is 1. The quantitative estimate of drug-likeness (QED) is 0.731. The lowest BCUT2D eigenvalue weighted by Crippen LogP contribution is -2.07. The summed E-state index contributed by atoms with van der Waals surface area (Å²) in [5.41, 5.74) is 4.37. The lowest BCUT2D eigenvalue weighted by atomic mass is 10.1. The molecule has 70 valence electrons. The second-order valence-electron chi connectivity index (χ2n) is 3.81. The van der Waals surface area contributed by atoms with Gasteiger partial charge in [-0.3, -0.25) is 4.90 Å². The fourth-order valence-corrected chi connectivity index (χ4v) is 1.93. The van der Waals surface area contributed by atoms with E-state index < -0.39 is 0 Å². The highest BCUT2D eigenvalue weighted by molar-refractivity contribution is 5.34. The summed E-state index contributed by atoms with van der Waals surface area (Å²) >= 11 is 0. The molecule has 0 aromatic heterocycles. The first kappa shape index (κ1) is 8.73. The van der Waals surface area contributed by atoms with Crippen molar-refractivity contribution in [2.45, 2.75) is 19.6 Å². The van der Waals surface area contributed by atoms with Crippen LogP contribution in [-0.4, -0.2) is 19.0 Å². The molecule has 1 aliphatic rings. The van der Waals surface area contributed by atoms with Crippen molar-refractivity contribution in [2.24, 2.45) is 0 Å². The van der Waals surface area contributed by atoms with Crippen LogP contribution >= 0.6 is 0 Å². The van der Waals surface area contributed by atoms with Gasteiger partial charge in [0.2, 0.25) is 0 Å². The summed E-state index contributed by atoms with van der Waals surface area (Å²) in [6.45, 7) is 3.18. The van der Waals surface area contributed by atoms with E-state index in [1.807, 2.05) is 7.05 Å². The molecule has 1 aliphatic heterocycles. The molecule has 0 saturated heterocycles. The fourth-order valence-electron chi connectivity index (χ4n) is 1.93. The maximum atomic E-state index is 3.17. The van der Waals surface area contributed by atoms with Crippen molar-refractivity contribution in [2.75, 3.05) is 14.1 Å². The van der Waals surface area contributed by atoms with Crippen LogP contribution in [0.15, 0.2) is 18.2 Å². The van der Waals surface area contributed by atoms with Crippen molar-refractivity contribution in [3.05, 3.63) is 34.9 Å².